The number of ether oxygens (including phenoxy) is 1. The number of benzene rings is 1. The molecule has 7 nitrogen and oxygen atoms in total. The Morgan fingerprint density at radius 3 is 2.63 bits per heavy atom. The maximum absolute atomic E-state index is 12.3. The Labute approximate surface area is 161 Å². The highest BCUT2D eigenvalue weighted by Crippen LogP contribution is 2.24. The van der Waals surface area contributed by atoms with Gasteiger partial charge in [-0.25, -0.2) is 9.59 Å². The third kappa shape index (κ3) is 5.03. The number of carbonyl (C=O) groups is 2. The molecule has 0 aliphatic carbocycles. The van der Waals surface area contributed by atoms with Crippen LogP contribution in [0, 0.1) is 13.8 Å². The molecule has 0 spiro atoms. The van der Waals surface area contributed by atoms with Gasteiger partial charge in [0.05, 0.1) is 0 Å². The molecule has 1 aromatic carbocycles. The molecule has 0 fully saturated rings. The first-order valence-corrected chi connectivity index (χ1v) is 9.86. The van der Waals surface area contributed by atoms with E-state index < -0.39 is 29.6 Å². The fourth-order valence-corrected chi connectivity index (χ4v) is 3.01. The SMILES string of the molecule is CSCCC(NC(=O)C(C)Oc1ccc2c(C)c(C)c(=O)oc2c1)C(=O)O. The Morgan fingerprint density at radius 2 is 2.00 bits per heavy atom. The molecule has 27 heavy (non-hydrogen) atoms. The molecule has 0 aliphatic rings. The first-order chi connectivity index (χ1) is 12.7. The van der Waals surface area contributed by atoms with Crippen molar-refractivity contribution in [3.05, 3.63) is 39.7 Å². The number of carboxylic acids is 1. The third-order valence-corrected chi connectivity index (χ3v) is 4.98. The first kappa shape index (κ1) is 20.8. The Kier molecular flexibility index (Phi) is 6.90. The van der Waals surface area contributed by atoms with Crippen LogP contribution in [0.15, 0.2) is 27.4 Å². The van der Waals surface area contributed by atoms with Gasteiger partial charge in [-0.3, -0.25) is 4.79 Å². The maximum atomic E-state index is 12.3. The predicted octanol–water partition coefficient (Wildman–Crippen LogP) is 2.50. The van der Waals surface area contributed by atoms with E-state index in [1.807, 2.05) is 13.2 Å². The molecule has 146 valence electrons. The van der Waals surface area contributed by atoms with Gasteiger partial charge < -0.3 is 19.6 Å². The van der Waals surface area contributed by atoms with Crippen LogP contribution in [0.3, 0.4) is 0 Å². The van der Waals surface area contributed by atoms with Crippen molar-refractivity contribution in [1.82, 2.24) is 5.32 Å². The number of thioether (sulfide) groups is 1. The van der Waals surface area contributed by atoms with Crippen molar-refractivity contribution in [2.24, 2.45) is 0 Å². The van der Waals surface area contributed by atoms with Crippen LogP contribution in [0.25, 0.3) is 11.0 Å². The van der Waals surface area contributed by atoms with E-state index in [2.05, 4.69) is 5.32 Å². The van der Waals surface area contributed by atoms with Gasteiger partial charge in [0.15, 0.2) is 6.10 Å². The summed E-state index contributed by atoms with van der Waals surface area (Å²) in [5.74, 6) is -0.629. The minimum Gasteiger partial charge on any atom is -0.481 e. The van der Waals surface area contributed by atoms with Gasteiger partial charge in [0.1, 0.15) is 17.4 Å². The molecule has 2 rings (SSSR count). The molecular weight excluding hydrogens is 370 g/mol. The van der Waals surface area contributed by atoms with Gasteiger partial charge in [-0.05, 0) is 56.9 Å². The highest BCUT2D eigenvalue weighted by molar-refractivity contribution is 7.98. The molecule has 0 bridgehead atoms. The van der Waals surface area contributed by atoms with Crippen molar-refractivity contribution in [1.29, 1.82) is 0 Å². The molecule has 0 aliphatic heterocycles. The number of carboxylic acid groups (broad SMARTS) is 1. The molecule has 0 saturated heterocycles. The van der Waals surface area contributed by atoms with Crippen LogP contribution in [-0.2, 0) is 9.59 Å². The van der Waals surface area contributed by atoms with Crippen LogP contribution in [0.5, 0.6) is 5.75 Å². The number of carbonyl (C=O) groups excluding carboxylic acids is 1. The summed E-state index contributed by atoms with van der Waals surface area (Å²) in [4.78, 5) is 35.4. The van der Waals surface area contributed by atoms with E-state index in [1.54, 1.807) is 25.1 Å². The number of hydrogen-bond acceptors (Lipinski definition) is 6. The molecule has 0 saturated carbocycles. The molecule has 1 heterocycles. The van der Waals surface area contributed by atoms with E-state index in [9.17, 15) is 19.5 Å². The fourth-order valence-electron chi connectivity index (χ4n) is 2.54. The van der Waals surface area contributed by atoms with Crippen LogP contribution >= 0.6 is 11.8 Å². The molecule has 8 heteroatoms. The number of rotatable bonds is 8. The van der Waals surface area contributed by atoms with Crippen molar-refractivity contribution in [2.45, 2.75) is 39.3 Å². The van der Waals surface area contributed by atoms with Crippen molar-refractivity contribution in [3.63, 3.8) is 0 Å². The summed E-state index contributed by atoms with van der Waals surface area (Å²) in [6.07, 6.45) is 1.29. The van der Waals surface area contributed by atoms with Crippen molar-refractivity contribution in [3.8, 4) is 5.75 Å². The lowest BCUT2D eigenvalue weighted by molar-refractivity contribution is -0.142. The van der Waals surface area contributed by atoms with E-state index in [1.165, 1.54) is 18.7 Å². The van der Waals surface area contributed by atoms with Crippen LogP contribution in [0.2, 0.25) is 0 Å². The van der Waals surface area contributed by atoms with Crippen LogP contribution in [-0.4, -0.2) is 41.1 Å². The molecule has 2 aromatic rings. The summed E-state index contributed by atoms with van der Waals surface area (Å²) < 4.78 is 10.9. The van der Waals surface area contributed by atoms with Gasteiger partial charge in [-0.2, -0.15) is 11.8 Å². The highest BCUT2D eigenvalue weighted by Gasteiger charge is 2.23. The van der Waals surface area contributed by atoms with Gasteiger partial charge in [-0.15, -0.1) is 0 Å². The van der Waals surface area contributed by atoms with Gasteiger partial charge in [0, 0.05) is 17.0 Å². The first-order valence-electron chi connectivity index (χ1n) is 8.47. The zero-order valence-corrected chi connectivity index (χ0v) is 16.5. The Morgan fingerprint density at radius 1 is 1.30 bits per heavy atom. The summed E-state index contributed by atoms with van der Waals surface area (Å²) in [7, 11) is 0. The number of aryl methyl sites for hydroxylation is 1. The summed E-state index contributed by atoms with van der Waals surface area (Å²) >= 11 is 1.51. The number of fused-ring (bicyclic) bond motifs is 1. The molecule has 1 amide bonds. The molecule has 2 atom stereocenters. The van der Waals surface area contributed by atoms with Gasteiger partial charge in [-0.1, -0.05) is 0 Å². The van der Waals surface area contributed by atoms with E-state index in [-0.39, 0.29) is 0 Å². The zero-order chi connectivity index (χ0) is 20.1. The normalized spacial score (nSPS) is 13.2. The lowest BCUT2D eigenvalue weighted by Gasteiger charge is -2.19. The zero-order valence-electron chi connectivity index (χ0n) is 15.7. The Balaban J connectivity index is 2.13. The Hall–Kier alpha value is -2.48. The van der Waals surface area contributed by atoms with Crippen LogP contribution in [0.1, 0.15) is 24.5 Å². The Bertz CT molecular complexity index is 907. The van der Waals surface area contributed by atoms with E-state index in [0.29, 0.717) is 29.1 Å². The number of amides is 1. The lowest BCUT2D eigenvalue weighted by atomic mass is 10.1. The number of hydrogen-bond donors (Lipinski definition) is 2. The number of nitrogens with one attached hydrogen (secondary N) is 1. The summed E-state index contributed by atoms with van der Waals surface area (Å²) in [6.45, 7) is 5.07. The fraction of sp³-hybridized carbons (Fsp3) is 0.421. The maximum Gasteiger partial charge on any atom is 0.339 e. The van der Waals surface area contributed by atoms with E-state index in [4.69, 9.17) is 9.15 Å². The molecule has 1 aromatic heterocycles. The van der Waals surface area contributed by atoms with E-state index >= 15 is 0 Å². The second kappa shape index (κ2) is 8.94. The van der Waals surface area contributed by atoms with Gasteiger partial charge in [0.2, 0.25) is 0 Å². The summed E-state index contributed by atoms with van der Waals surface area (Å²) in [6, 6.07) is 4.03. The average Bonchev–Trinajstić information content (AvgIpc) is 2.62. The van der Waals surface area contributed by atoms with Crippen molar-refractivity contribution < 1.29 is 23.8 Å². The summed E-state index contributed by atoms with van der Waals surface area (Å²) in [5, 5.41) is 12.5. The monoisotopic (exact) mass is 393 g/mol. The predicted molar refractivity (Wildman–Crippen MR) is 105 cm³/mol. The van der Waals surface area contributed by atoms with Gasteiger partial charge >= 0.3 is 11.6 Å². The molecule has 2 N–H and O–H groups in total. The highest BCUT2D eigenvalue weighted by atomic mass is 32.2. The van der Waals surface area contributed by atoms with Gasteiger partial charge in [0.25, 0.3) is 5.91 Å². The number of aliphatic carboxylic acids is 1. The van der Waals surface area contributed by atoms with Crippen LogP contribution in [0.4, 0.5) is 0 Å². The minimum absolute atomic E-state index is 0.328. The van der Waals surface area contributed by atoms with E-state index in [0.717, 1.165) is 10.9 Å². The second-order valence-corrected chi connectivity index (χ2v) is 7.22. The third-order valence-electron chi connectivity index (χ3n) is 4.34. The largest absolute Gasteiger partial charge is 0.481 e. The van der Waals surface area contributed by atoms with Crippen molar-refractivity contribution in [2.75, 3.05) is 12.0 Å². The summed E-state index contributed by atoms with van der Waals surface area (Å²) in [5.41, 5.74) is 1.34. The van der Waals surface area contributed by atoms with Crippen LogP contribution < -0.4 is 15.7 Å². The quantitative estimate of drug-likeness (QED) is 0.664. The second-order valence-electron chi connectivity index (χ2n) is 6.24. The van der Waals surface area contributed by atoms with Crippen molar-refractivity contribution >= 4 is 34.6 Å². The standard InChI is InChI=1S/C19H23NO6S/c1-10-11(2)19(24)26-16-9-13(5-6-14(10)16)25-12(3)17(21)20-15(18(22)23)7-8-27-4/h5-6,9,12,15H,7-8H2,1-4H3,(H,20,21)(H,22,23). The minimum atomic E-state index is -1.08. The topological polar surface area (TPSA) is 106 Å². The molecular formula is C19H23NO6S. The lowest BCUT2D eigenvalue weighted by Crippen LogP contribution is -2.46. The average molecular weight is 393 g/mol. The smallest absolute Gasteiger partial charge is 0.339 e. The molecule has 0 radical (unpaired) electrons. The molecule has 2 unspecified atom stereocenters.